The maximum Gasteiger partial charge on any atom is 0.323 e. The van der Waals surface area contributed by atoms with Crippen LogP contribution in [0, 0.1) is 10.1 Å². The molecule has 0 spiro atoms. The van der Waals surface area contributed by atoms with Crippen LogP contribution in [-0.2, 0) is 4.79 Å². The fourth-order valence-corrected chi connectivity index (χ4v) is 2.09. The van der Waals surface area contributed by atoms with Crippen LogP contribution in [0.4, 0.5) is 27.5 Å². The Morgan fingerprint density at radius 1 is 0.960 bits per heavy atom. The van der Waals surface area contributed by atoms with Gasteiger partial charge in [0.15, 0.2) is 0 Å². The lowest BCUT2D eigenvalue weighted by Crippen LogP contribution is -2.19. The molecule has 3 N–H and O–H groups in total. The number of rotatable bonds is 6. The lowest BCUT2D eigenvalue weighted by molar-refractivity contribution is -0.384. The number of nitro benzene ring substituents is 1. The molecular weight excluding hydrogens is 324 g/mol. The summed E-state index contributed by atoms with van der Waals surface area (Å²) < 4.78 is 0. The number of carbonyl (C=O) groups is 2. The lowest BCUT2D eigenvalue weighted by atomic mass is 10.2. The van der Waals surface area contributed by atoms with Gasteiger partial charge in [0.2, 0.25) is 5.91 Å². The van der Waals surface area contributed by atoms with Crippen molar-refractivity contribution in [3.05, 3.63) is 58.6 Å². The van der Waals surface area contributed by atoms with Gasteiger partial charge in [-0.3, -0.25) is 14.9 Å². The number of anilines is 3. The largest absolute Gasteiger partial charge is 0.326 e. The summed E-state index contributed by atoms with van der Waals surface area (Å²) in [6.07, 6.45) is 1.18. The van der Waals surface area contributed by atoms with Gasteiger partial charge in [-0.2, -0.15) is 0 Å². The van der Waals surface area contributed by atoms with E-state index >= 15 is 0 Å². The molecule has 0 bridgehead atoms. The van der Waals surface area contributed by atoms with Gasteiger partial charge in [0.05, 0.1) is 4.92 Å². The van der Waals surface area contributed by atoms with Crippen molar-refractivity contribution in [2.24, 2.45) is 0 Å². The van der Waals surface area contributed by atoms with Crippen molar-refractivity contribution in [3.8, 4) is 0 Å². The van der Waals surface area contributed by atoms with E-state index in [9.17, 15) is 19.7 Å². The van der Waals surface area contributed by atoms with E-state index in [0.29, 0.717) is 23.5 Å². The molecule has 2 aromatic carbocycles. The predicted octanol–water partition coefficient (Wildman–Crippen LogP) is 3.98. The zero-order valence-corrected chi connectivity index (χ0v) is 13.6. The Labute approximate surface area is 144 Å². The zero-order valence-electron chi connectivity index (χ0n) is 13.6. The summed E-state index contributed by atoms with van der Waals surface area (Å²) in [5.41, 5.74) is 1.47. The van der Waals surface area contributed by atoms with Gasteiger partial charge < -0.3 is 16.0 Å². The minimum absolute atomic E-state index is 0.0542. The third-order valence-corrected chi connectivity index (χ3v) is 3.22. The van der Waals surface area contributed by atoms with E-state index in [-0.39, 0.29) is 11.6 Å². The highest BCUT2D eigenvalue weighted by atomic mass is 16.6. The summed E-state index contributed by atoms with van der Waals surface area (Å²) in [4.78, 5) is 33.7. The van der Waals surface area contributed by atoms with E-state index in [4.69, 9.17) is 0 Å². The van der Waals surface area contributed by atoms with Crippen LogP contribution in [0.1, 0.15) is 19.8 Å². The molecule has 0 aliphatic heterocycles. The second-order valence-corrected chi connectivity index (χ2v) is 5.26. The molecule has 8 nitrogen and oxygen atoms in total. The molecule has 8 heteroatoms. The Kier molecular flexibility index (Phi) is 6.05. The second-order valence-electron chi connectivity index (χ2n) is 5.26. The number of benzene rings is 2. The molecule has 0 saturated heterocycles. The average Bonchev–Trinajstić information content (AvgIpc) is 2.55. The van der Waals surface area contributed by atoms with Gasteiger partial charge in [0.1, 0.15) is 0 Å². The molecule has 130 valence electrons. The van der Waals surface area contributed by atoms with E-state index in [1.165, 1.54) is 24.3 Å². The number of hydrogen-bond acceptors (Lipinski definition) is 4. The number of nitrogens with one attached hydrogen (secondary N) is 3. The SMILES string of the molecule is CCCC(=O)Nc1cccc(NC(=O)Nc2ccc([N+](=O)[O-])cc2)c1. The molecule has 0 fully saturated rings. The summed E-state index contributed by atoms with van der Waals surface area (Å²) in [5, 5.41) is 18.6. The average molecular weight is 342 g/mol. The van der Waals surface area contributed by atoms with Crippen molar-refractivity contribution >= 4 is 34.7 Å². The number of hydrogen-bond donors (Lipinski definition) is 3. The van der Waals surface area contributed by atoms with Crippen LogP contribution < -0.4 is 16.0 Å². The summed E-state index contributed by atoms with van der Waals surface area (Å²) in [5.74, 6) is -0.0880. The normalized spacial score (nSPS) is 9.96. The number of non-ortho nitro benzene ring substituents is 1. The van der Waals surface area contributed by atoms with Crippen LogP contribution in [-0.4, -0.2) is 16.9 Å². The van der Waals surface area contributed by atoms with E-state index in [1.54, 1.807) is 24.3 Å². The molecule has 0 radical (unpaired) electrons. The fraction of sp³-hybridized carbons (Fsp3) is 0.176. The van der Waals surface area contributed by atoms with E-state index in [0.717, 1.165) is 6.42 Å². The van der Waals surface area contributed by atoms with Gasteiger partial charge in [0.25, 0.3) is 5.69 Å². The first-order chi connectivity index (χ1) is 12.0. The van der Waals surface area contributed by atoms with Gasteiger partial charge >= 0.3 is 6.03 Å². The molecule has 0 unspecified atom stereocenters. The molecule has 25 heavy (non-hydrogen) atoms. The zero-order chi connectivity index (χ0) is 18.2. The Hall–Kier alpha value is -3.42. The Morgan fingerprint density at radius 2 is 1.56 bits per heavy atom. The predicted molar refractivity (Wildman–Crippen MR) is 95.7 cm³/mol. The number of nitro groups is 1. The molecule has 0 aliphatic rings. The van der Waals surface area contributed by atoms with Crippen LogP contribution >= 0.6 is 0 Å². The summed E-state index contributed by atoms with van der Waals surface area (Å²) in [6.45, 7) is 1.92. The second kappa shape index (κ2) is 8.44. The third kappa shape index (κ3) is 5.61. The molecule has 0 aromatic heterocycles. The van der Waals surface area contributed by atoms with Crippen molar-refractivity contribution in [1.82, 2.24) is 0 Å². The van der Waals surface area contributed by atoms with Crippen LogP contribution in [0.15, 0.2) is 48.5 Å². The summed E-state index contributed by atoms with van der Waals surface area (Å²) in [7, 11) is 0. The van der Waals surface area contributed by atoms with Crippen LogP contribution in [0.25, 0.3) is 0 Å². The molecular formula is C17H18N4O4. The van der Waals surface area contributed by atoms with Gasteiger partial charge in [0, 0.05) is 35.6 Å². The summed E-state index contributed by atoms with van der Waals surface area (Å²) in [6, 6.07) is 11.8. The van der Waals surface area contributed by atoms with Crippen molar-refractivity contribution in [2.75, 3.05) is 16.0 Å². The van der Waals surface area contributed by atoms with Crippen molar-refractivity contribution in [2.45, 2.75) is 19.8 Å². The minimum atomic E-state index is -0.512. The standard InChI is InChI=1S/C17H18N4O4/c1-2-4-16(22)18-13-5-3-6-14(11-13)20-17(23)19-12-7-9-15(10-8-12)21(24)25/h3,5-11H,2,4H2,1H3,(H,18,22)(H2,19,20,23). The molecule has 0 saturated carbocycles. The molecule has 2 aromatic rings. The quantitative estimate of drug-likeness (QED) is 0.544. The highest BCUT2D eigenvalue weighted by Gasteiger charge is 2.07. The summed E-state index contributed by atoms with van der Waals surface area (Å²) >= 11 is 0. The first-order valence-corrected chi connectivity index (χ1v) is 7.70. The maximum atomic E-state index is 12.0. The number of amides is 3. The minimum Gasteiger partial charge on any atom is -0.326 e. The highest BCUT2D eigenvalue weighted by Crippen LogP contribution is 2.18. The van der Waals surface area contributed by atoms with E-state index in [2.05, 4.69) is 16.0 Å². The van der Waals surface area contributed by atoms with Gasteiger partial charge in [-0.15, -0.1) is 0 Å². The van der Waals surface area contributed by atoms with Gasteiger partial charge in [-0.25, -0.2) is 4.79 Å². The van der Waals surface area contributed by atoms with Crippen molar-refractivity contribution in [3.63, 3.8) is 0 Å². The maximum absolute atomic E-state index is 12.0. The first kappa shape index (κ1) is 17.9. The van der Waals surface area contributed by atoms with Crippen molar-refractivity contribution < 1.29 is 14.5 Å². The Morgan fingerprint density at radius 3 is 2.16 bits per heavy atom. The number of urea groups is 1. The topological polar surface area (TPSA) is 113 Å². The first-order valence-electron chi connectivity index (χ1n) is 7.70. The fourth-order valence-electron chi connectivity index (χ4n) is 2.09. The Bertz CT molecular complexity index is 774. The molecule has 0 atom stereocenters. The molecule has 0 heterocycles. The molecule has 2 rings (SSSR count). The van der Waals surface area contributed by atoms with Crippen LogP contribution in [0.5, 0.6) is 0 Å². The number of carbonyl (C=O) groups excluding carboxylic acids is 2. The lowest BCUT2D eigenvalue weighted by Gasteiger charge is -2.10. The number of nitrogens with zero attached hydrogens (tertiary/aromatic N) is 1. The Balaban J connectivity index is 1.95. The van der Waals surface area contributed by atoms with Crippen LogP contribution in [0.2, 0.25) is 0 Å². The molecule has 3 amide bonds. The van der Waals surface area contributed by atoms with Crippen LogP contribution in [0.3, 0.4) is 0 Å². The molecule has 0 aliphatic carbocycles. The monoisotopic (exact) mass is 342 g/mol. The highest BCUT2D eigenvalue weighted by molar-refractivity contribution is 6.00. The third-order valence-electron chi connectivity index (χ3n) is 3.22. The van der Waals surface area contributed by atoms with Crippen molar-refractivity contribution in [1.29, 1.82) is 0 Å². The smallest absolute Gasteiger partial charge is 0.323 e. The van der Waals surface area contributed by atoms with E-state index < -0.39 is 11.0 Å². The van der Waals surface area contributed by atoms with E-state index in [1.807, 2.05) is 6.92 Å². The van der Waals surface area contributed by atoms with Gasteiger partial charge in [-0.1, -0.05) is 13.0 Å². The van der Waals surface area contributed by atoms with Gasteiger partial charge in [-0.05, 0) is 36.8 Å².